The first-order valence-electron chi connectivity index (χ1n) is 6.31. The molecule has 0 saturated heterocycles. The van der Waals surface area contributed by atoms with Crippen molar-refractivity contribution in [1.82, 2.24) is 5.43 Å². The summed E-state index contributed by atoms with van der Waals surface area (Å²) in [5.41, 5.74) is 4.47. The topological polar surface area (TPSA) is 36.4 Å². The molecule has 0 bridgehead atoms. The fraction of sp³-hybridized carbons (Fsp3) is 0. The molecule has 0 aliphatic heterocycles. The van der Waals surface area contributed by atoms with E-state index in [0.717, 1.165) is 5.56 Å². The molecule has 0 amide bonds. The van der Waals surface area contributed by atoms with Crippen LogP contribution < -0.4 is 10.7 Å². The van der Waals surface area contributed by atoms with E-state index < -0.39 is 0 Å². The van der Waals surface area contributed by atoms with E-state index in [1.54, 1.807) is 18.3 Å². The molecule has 0 heterocycles. The average Bonchev–Trinajstić information content (AvgIpc) is 2.50. The van der Waals surface area contributed by atoms with Crippen molar-refractivity contribution in [2.75, 3.05) is 5.32 Å². The van der Waals surface area contributed by atoms with Crippen LogP contribution in [0.25, 0.3) is 6.08 Å². The Balaban J connectivity index is 1.77. The van der Waals surface area contributed by atoms with Crippen molar-refractivity contribution in [1.29, 1.82) is 0 Å². The first kappa shape index (κ1) is 14.9. The van der Waals surface area contributed by atoms with Gasteiger partial charge in [-0.3, -0.25) is 5.43 Å². The Morgan fingerprint density at radius 2 is 1.76 bits per heavy atom. The second-order valence-corrected chi connectivity index (χ2v) is 4.53. The van der Waals surface area contributed by atoms with Gasteiger partial charge in [0.15, 0.2) is 5.11 Å². The summed E-state index contributed by atoms with van der Waals surface area (Å²) in [6, 6.07) is 15.8. The molecule has 106 valence electrons. The van der Waals surface area contributed by atoms with Gasteiger partial charge in [0, 0.05) is 11.9 Å². The molecule has 2 aromatic rings. The zero-order valence-electron chi connectivity index (χ0n) is 11.2. The van der Waals surface area contributed by atoms with E-state index in [9.17, 15) is 4.39 Å². The zero-order chi connectivity index (χ0) is 14.9. The smallest absolute Gasteiger partial charge is 0.191 e. The summed E-state index contributed by atoms with van der Waals surface area (Å²) in [5, 5.41) is 7.19. The van der Waals surface area contributed by atoms with E-state index in [2.05, 4.69) is 15.8 Å². The number of allylic oxidation sites excluding steroid dienone is 1. The molecule has 0 aliphatic rings. The summed E-state index contributed by atoms with van der Waals surface area (Å²) >= 11 is 5.06. The van der Waals surface area contributed by atoms with Gasteiger partial charge in [-0.15, -0.1) is 0 Å². The number of hydrogen-bond acceptors (Lipinski definition) is 2. The normalized spacial score (nSPS) is 10.9. The van der Waals surface area contributed by atoms with Gasteiger partial charge in [0.1, 0.15) is 5.82 Å². The van der Waals surface area contributed by atoms with E-state index in [0.29, 0.717) is 10.8 Å². The van der Waals surface area contributed by atoms with Gasteiger partial charge in [-0.2, -0.15) is 5.10 Å². The van der Waals surface area contributed by atoms with E-state index in [1.807, 2.05) is 42.5 Å². The SMILES string of the molecule is Fc1ccc(NC(=S)N/N=C/C=C/c2ccccc2)cc1. The quantitative estimate of drug-likeness (QED) is 0.512. The minimum atomic E-state index is -0.288. The number of benzene rings is 2. The van der Waals surface area contributed by atoms with Crippen LogP contribution in [0.5, 0.6) is 0 Å². The molecule has 0 saturated carbocycles. The van der Waals surface area contributed by atoms with Gasteiger partial charge in [-0.25, -0.2) is 4.39 Å². The Morgan fingerprint density at radius 1 is 1.05 bits per heavy atom. The second kappa shape index (κ2) is 7.91. The predicted octanol–water partition coefficient (Wildman–Crippen LogP) is 3.81. The van der Waals surface area contributed by atoms with Gasteiger partial charge < -0.3 is 5.32 Å². The molecule has 3 nitrogen and oxygen atoms in total. The van der Waals surface area contributed by atoms with Crippen molar-refractivity contribution >= 4 is 35.3 Å². The molecule has 0 atom stereocenters. The number of hydrogen-bond donors (Lipinski definition) is 2. The van der Waals surface area contributed by atoms with Gasteiger partial charge in [0.05, 0.1) is 0 Å². The molecular weight excluding hydrogens is 285 g/mol. The van der Waals surface area contributed by atoms with Crippen molar-refractivity contribution in [3.05, 3.63) is 72.1 Å². The summed E-state index contributed by atoms with van der Waals surface area (Å²) in [5.74, 6) is -0.288. The maximum Gasteiger partial charge on any atom is 0.191 e. The molecule has 5 heteroatoms. The highest BCUT2D eigenvalue weighted by molar-refractivity contribution is 7.80. The maximum absolute atomic E-state index is 12.7. The number of nitrogens with one attached hydrogen (secondary N) is 2. The fourth-order valence-electron chi connectivity index (χ4n) is 1.55. The van der Waals surface area contributed by atoms with Gasteiger partial charge in [0.25, 0.3) is 0 Å². The Labute approximate surface area is 128 Å². The van der Waals surface area contributed by atoms with Crippen molar-refractivity contribution in [3.8, 4) is 0 Å². The maximum atomic E-state index is 12.7. The lowest BCUT2D eigenvalue weighted by atomic mass is 10.2. The Morgan fingerprint density at radius 3 is 2.48 bits per heavy atom. The van der Waals surface area contributed by atoms with Gasteiger partial charge in [-0.1, -0.05) is 36.4 Å². The largest absolute Gasteiger partial charge is 0.331 e. The number of hydrazone groups is 1. The van der Waals surface area contributed by atoms with E-state index >= 15 is 0 Å². The van der Waals surface area contributed by atoms with Crippen LogP contribution in [-0.2, 0) is 0 Å². The molecular formula is C16H14FN3S. The summed E-state index contributed by atoms with van der Waals surface area (Å²) in [6.07, 6.45) is 5.34. The first-order chi connectivity index (χ1) is 10.2. The summed E-state index contributed by atoms with van der Waals surface area (Å²) < 4.78 is 12.7. The molecule has 0 radical (unpaired) electrons. The van der Waals surface area contributed by atoms with E-state index in [-0.39, 0.29) is 5.82 Å². The zero-order valence-corrected chi connectivity index (χ0v) is 12.0. The third kappa shape index (κ3) is 5.54. The van der Waals surface area contributed by atoms with Gasteiger partial charge >= 0.3 is 0 Å². The fourth-order valence-corrected chi connectivity index (χ4v) is 1.72. The van der Waals surface area contributed by atoms with Crippen LogP contribution in [0.4, 0.5) is 10.1 Å². The van der Waals surface area contributed by atoms with Crippen LogP contribution in [0.2, 0.25) is 0 Å². The van der Waals surface area contributed by atoms with Crippen LogP contribution in [0.15, 0.2) is 65.8 Å². The molecule has 2 rings (SSSR count). The first-order valence-corrected chi connectivity index (χ1v) is 6.72. The van der Waals surface area contributed by atoms with Crippen LogP contribution >= 0.6 is 12.2 Å². The van der Waals surface area contributed by atoms with Crippen molar-refractivity contribution in [3.63, 3.8) is 0 Å². The van der Waals surface area contributed by atoms with Crippen LogP contribution in [0.3, 0.4) is 0 Å². The molecule has 0 spiro atoms. The highest BCUT2D eigenvalue weighted by Crippen LogP contribution is 2.07. The lowest BCUT2D eigenvalue weighted by Gasteiger charge is -2.05. The lowest BCUT2D eigenvalue weighted by Crippen LogP contribution is -2.23. The van der Waals surface area contributed by atoms with Crippen molar-refractivity contribution in [2.45, 2.75) is 0 Å². The van der Waals surface area contributed by atoms with Crippen LogP contribution in [0.1, 0.15) is 5.56 Å². The minimum Gasteiger partial charge on any atom is -0.331 e. The average molecular weight is 299 g/mol. The van der Waals surface area contributed by atoms with Crippen LogP contribution in [-0.4, -0.2) is 11.3 Å². The Bertz CT molecular complexity index is 636. The molecule has 0 fully saturated rings. The number of nitrogens with zero attached hydrogens (tertiary/aromatic N) is 1. The monoisotopic (exact) mass is 299 g/mol. The van der Waals surface area contributed by atoms with Gasteiger partial charge in [-0.05, 0) is 48.1 Å². The molecule has 2 aromatic carbocycles. The summed E-state index contributed by atoms with van der Waals surface area (Å²) in [6.45, 7) is 0. The number of halogens is 1. The van der Waals surface area contributed by atoms with Crippen molar-refractivity contribution < 1.29 is 4.39 Å². The highest BCUT2D eigenvalue weighted by Gasteiger charge is 1.95. The number of rotatable bonds is 4. The highest BCUT2D eigenvalue weighted by atomic mass is 32.1. The second-order valence-electron chi connectivity index (χ2n) is 4.12. The van der Waals surface area contributed by atoms with E-state index in [1.165, 1.54) is 12.1 Å². The lowest BCUT2D eigenvalue weighted by molar-refractivity contribution is 0.628. The molecule has 0 unspecified atom stereocenters. The molecule has 0 aromatic heterocycles. The molecule has 21 heavy (non-hydrogen) atoms. The Kier molecular flexibility index (Phi) is 5.60. The third-order valence-corrected chi connectivity index (χ3v) is 2.71. The van der Waals surface area contributed by atoms with Gasteiger partial charge in [0.2, 0.25) is 0 Å². The predicted molar refractivity (Wildman–Crippen MR) is 89.7 cm³/mol. The summed E-state index contributed by atoms with van der Waals surface area (Å²) in [4.78, 5) is 0. The molecule has 0 aliphatic carbocycles. The van der Waals surface area contributed by atoms with Crippen LogP contribution in [0, 0.1) is 5.82 Å². The number of anilines is 1. The number of thiocarbonyl (C=S) groups is 1. The third-order valence-electron chi connectivity index (χ3n) is 2.52. The molecule has 2 N–H and O–H groups in total. The Hall–Kier alpha value is -2.53. The van der Waals surface area contributed by atoms with Crippen molar-refractivity contribution in [2.24, 2.45) is 5.10 Å². The minimum absolute atomic E-state index is 0.288. The standard InChI is InChI=1S/C16H14FN3S/c17-14-8-10-15(11-9-14)19-16(21)20-18-12-4-7-13-5-2-1-3-6-13/h1-12H,(H2,19,20,21)/b7-4+,18-12+. The van der Waals surface area contributed by atoms with E-state index in [4.69, 9.17) is 12.2 Å². The summed E-state index contributed by atoms with van der Waals surface area (Å²) in [7, 11) is 0.